The Kier molecular flexibility index (Phi) is 5.35. The van der Waals surface area contributed by atoms with E-state index in [-0.39, 0.29) is 19.0 Å². The highest BCUT2D eigenvalue weighted by atomic mass is 32.2. The van der Waals surface area contributed by atoms with E-state index in [1.807, 2.05) is 0 Å². The number of benzene rings is 2. The third-order valence-corrected chi connectivity index (χ3v) is 5.15. The molecular weight excluding hydrogens is 413 g/mol. The van der Waals surface area contributed by atoms with Gasteiger partial charge in [0.05, 0.1) is 26.0 Å². The molecule has 0 aromatic heterocycles. The first-order valence-electron chi connectivity index (χ1n) is 7.62. The average Bonchev–Trinajstić information content (AvgIpc) is 2.59. The Morgan fingerprint density at radius 3 is 2.21 bits per heavy atom. The number of methoxy groups -OCH3 is 1. The number of hydrogen-bond acceptors (Lipinski definition) is 5. The smallest absolute Gasteiger partial charge is 0.268 e. The molecule has 3 rings (SSSR count). The number of ether oxygens (including phenoxy) is 3. The van der Waals surface area contributed by atoms with Crippen LogP contribution in [0.5, 0.6) is 11.5 Å². The number of anilines is 1. The molecule has 152 valence electrons. The van der Waals surface area contributed by atoms with Gasteiger partial charge < -0.3 is 14.2 Å². The van der Waals surface area contributed by atoms with Gasteiger partial charge in [0.15, 0.2) is 33.8 Å². The number of rotatable bonds is 6. The zero-order valence-electron chi connectivity index (χ0n) is 14.1. The van der Waals surface area contributed by atoms with Gasteiger partial charge in [-0.05, 0) is 12.1 Å². The second kappa shape index (κ2) is 7.43. The molecule has 1 fully saturated rings. The lowest BCUT2D eigenvalue weighted by Gasteiger charge is -2.28. The van der Waals surface area contributed by atoms with Gasteiger partial charge >= 0.3 is 0 Å². The van der Waals surface area contributed by atoms with Gasteiger partial charge in [-0.15, -0.1) is 0 Å². The molecule has 1 N–H and O–H groups in total. The summed E-state index contributed by atoms with van der Waals surface area (Å²) in [6.45, 7) is -0.173. The first kappa shape index (κ1) is 20.1. The molecule has 6 nitrogen and oxygen atoms in total. The maximum atomic E-state index is 14.3. The van der Waals surface area contributed by atoms with Crippen LogP contribution in [-0.4, -0.2) is 34.8 Å². The standard InChI is InChI=1S/C16H12F5NO5S/c1-25-10-3-2-7(4-9(10)17)22-28(23,24)16-14(21)12(19)11(18)13(20)15(16)27-8-5-26-6-8/h2-4,8,22H,5-6H2,1H3. The maximum Gasteiger partial charge on any atom is 0.268 e. The van der Waals surface area contributed by atoms with Crippen LogP contribution in [0.15, 0.2) is 23.1 Å². The molecule has 1 heterocycles. The van der Waals surface area contributed by atoms with Crippen LogP contribution in [0, 0.1) is 29.1 Å². The molecule has 0 saturated carbocycles. The molecule has 12 heteroatoms. The van der Waals surface area contributed by atoms with Crippen molar-refractivity contribution in [3.63, 3.8) is 0 Å². The Morgan fingerprint density at radius 2 is 1.68 bits per heavy atom. The van der Waals surface area contributed by atoms with Crippen molar-refractivity contribution in [2.75, 3.05) is 25.0 Å². The van der Waals surface area contributed by atoms with E-state index in [1.54, 1.807) is 4.72 Å². The quantitative estimate of drug-likeness (QED) is 0.438. The van der Waals surface area contributed by atoms with Crippen LogP contribution >= 0.6 is 0 Å². The molecule has 0 unspecified atom stereocenters. The molecule has 1 aliphatic heterocycles. The summed E-state index contributed by atoms with van der Waals surface area (Å²) in [4.78, 5) is -1.59. The van der Waals surface area contributed by atoms with E-state index in [0.717, 1.165) is 12.1 Å². The highest BCUT2D eigenvalue weighted by Gasteiger charge is 2.36. The molecule has 2 aromatic rings. The lowest BCUT2D eigenvalue weighted by molar-refractivity contribution is -0.0824. The number of nitrogens with one attached hydrogen (secondary N) is 1. The average molecular weight is 425 g/mol. The van der Waals surface area contributed by atoms with Crippen LogP contribution < -0.4 is 14.2 Å². The van der Waals surface area contributed by atoms with Gasteiger partial charge in [0.2, 0.25) is 11.6 Å². The molecule has 1 aliphatic rings. The molecule has 2 aromatic carbocycles. The molecule has 28 heavy (non-hydrogen) atoms. The van der Waals surface area contributed by atoms with Gasteiger partial charge in [-0.25, -0.2) is 26.0 Å². The topological polar surface area (TPSA) is 73.9 Å². The van der Waals surface area contributed by atoms with Gasteiger partial charge in [0.25, 0.3) is 10.0 Å². The van der Waals surface area contributed by atoms with Crippen molar-refractivity contribution in [2.45, 2.75) is 11.0 Å². The third kappa shape index (κ3) is 3.56. The van der Waals surface area contributed by atoms with E-state index >= 15 is 0 Å². The van der Waals surface area contributed by atoms with Crippen molar-refractivity contribution in [1.82, 2.24) is 0 Å². The van der Waals surface area contributed by atoms with Crippen LogP contribution in [0.4, 0.5) is 27.6 Å². The Balaban J connectivity index is 2.08. The van der Waals surface area contributed by atoms with Gasteiger partial charge in [-0.2, -0.15) is 4.39 Å². The molecule has 0 bridgehead atoms. The Morgan fingerprint density at radius 1 is 1.04 bits per heavy atom. The highest BCUT2D eigenvalue weighted by Crippen LogP contribution is 2.36. The molecule has 0 spiro atoms. The lowest BCUT2D eigenvalue weighted by atomic mass is 10.2. The molecule has 1 saturated heterocycles. The van der Waals surface area contributed by atoms with Crippen molar-refractivity contribution in [2.24, 2.45) is 0 Å². The second-order valence-corrected chi connectivity index (χ2v) is 7.27. The number of sulfonamides is 1. The van der Waals surface area contributed by atoms with Crippen molar-refractivity contribution in [3.05, 3.63) is 47.3 Å². The highest BCUT2D eigenvalue weighted by molar-refractivity contribution is 7.92. The van der Waals surface area contributed by atoms with Gasteiger partial charge in [0, 0.05) is 6.07 Å². The lowest BCUT2D eigenvalue weighted by Crippen LogP contribution is -2.39. The van der Waals surface area contributed by atoms with Crippen molar-refractivity contribution >= 4 is 15.7 Å². The minimum absolute atomic E-state index is 0.0866. The number of hydrogen-bond donors (Lipinski definition) is 1. The normalized spacial score (nSPS) is 14.5. The maximum absolute atomic E-state index is 14.3. The molecule has 0 atom stereocenters. The summed E-state index contributed by atoms with van der Waals surface area (Å²) >= 11 is 0. The van der Waals surface area contributed by atoms with Crippen LogP contribution in [0.2, 0.25) is 0 Å². The van der Waals surface area contributed by atoms with E-state index in [2.05, 4.69) is 4.74 Å². The van der Waals surface area contributed by atoms with E-state index in [4.69, 9.17) is 9.47 Å². The molecule has 0 radical (unpaired) electrons. The van der Waals surface area contributed by atoms with Crippen molar-refractivity contribution in [1.29, 1.82) is 0 Å². The minimum atomic E-state index is -5.05. The SMILES string of the molecule is COc1ccc(NS(=O)(=O)c2c(F)c(F)c(F)c(F)c2OC2COC2)cc1F. The van der Waals surface area contributed by atoms with E-state index in [0.29, 0.717) is 6.07 Å². The summed E-state index contributed by atoms with van der Waals surface area (Å²) in [6.07, 6.45) is -0.883. The summed E-state index contributed by atoms with van der Waals surface area (Å²) in [6, 6.07) is 2.83. The zero-order chi connectivity index (χ0) is 20.6. The molecular formula is C16H12F5NO5S. The van der Waals surface area contributed by atoms with Crippen LogP contribution in [0.1, 0.15) is 0 Å². The first-order chi connectivity index (χ1) is 13.2. The van der Waals surface area contributed by atoms with Crippen LogP contribution in [-0.2, 0) is 14.8 Å². The summed E-state index contributed by atoms with van der Waals surface area (Å²) < 4.78 is 111. The fraction of sp³-hybridized carbons (Fsp3) is 0.250. The summed E-state index contributed by atoms with van der Waals surface area (Å²) in [7, 11) is -3.87. The van der Waals surface area contributed by atoms with Crippen molar-refractivity contribution < 1.29 is 44.6 Å². The zero-order valence-corrected chi connectivity index (χ0v) is 14.9. The predicted octanol–water partition coefficient (Wildman–Crippen LogP) is 2.97. The van der Waals surface area contributed by atoms with Gasteiger partial charge in [-0.1, -0.05) is 0 Å². The van der Waals surface area contributed by atoms with Gasteiger partial charge in [0.1, 0.15) is 6.10 Å². The largest absolute Gasteiger partial charge is 0.494 e. The van der Waals surface area contributed by atoms with E-state index < -0.39 is 61.5 Å². The fourth-order valence-electron chi connectivity index (χ4n) is 2.32. The molecule has 0 aliphatic carbocycles. The fourth-order valence-corrected chi connectivity index (χ4v) is 3.57. The van der Waals surface area contributed by atoms with Crippen LogP contribution in [0.25, 0.3) is 0 Å². The Bertz CT molecular complexity index is 1030. The third-order valence-electron chi connectivity index (χ3n) is 3.75. The van der Waals surface area contributed by atoms with Crippen LogP contribution in [0.3, 0.4) is 0 Å². The minimum Gasteiger partial charge on any atom is -0.494 e. The summed E-state index contributed by atoms with van der Waals surface area (Å²) in [5.74, 6) is -11.3. The summed E-state index contributed by atoms with van der Waals surface area (Å²) in [5.41, 5.74) is -0.402. The first-order valence-corrected chi connectivity index (χ1v) is 9.10. The van der Waals surface area contributed by atoms with Crippen molar-refractivity contribution in [3.8, 4) is 11.5 Å². The summed E-state index contributed by atoms with van der Waals surface area (Å²) in [5, 5.41) is 0. The Labute approximate surface area is 155 Å². The van der Waals surface area contributed by atoms with E-state index in [1.165, 1.54) is 7.11 Å². The second-order valence-electron chi connectivity index (χ2n) is 5.65. The predicted molar refractivity (Wildman–Crippen MR) is 85.3 cm³/mol. The van der Waals surface area contributed by atoms with E-state index in [9.17, 15) is 30.4 Å². The Hall–Kier alpha value is -2.60. The monoisotopic (exact) mass is 425 g/mol. The number of halogens is 5. The van der Waals surface area contributed by atoms with Gasteiger partial charge in [-0.3, -0.25) is 4.72 Å². The molecule has 0 amide bonds.